The lowest BCUT2D eigenvalue weighted by Crippen LogP contribution is -2.52. The van der Waals surface area contributed by atoms with Gasteiger partial charge in [0.25, 0.3) is 0 Å². The van der Waals surface area contributed by atoms with Crippen molar-refractivity contribution < 1.29 is 45.9 Å². The second-order valence-electron chi connectivity index (χ2n) is 16.1. The molecule has 0 bridgehead atoms. The molecule has 17 nitrogen and oxygen atoms in total. The molecule has 8 rings (SSSR count). The van der Waals surface area contributed by atoms with E-state index in [4.69, 9.17) is 11.6 Å². The average Bonchev–Trinajstić information content (AvgIpc) is 3.72. The monoisotopic (exact) mass is 936 g/mol. The molecule has 3 saturated heterocycles. The van der Waals surface area contributed by atoms with E-state index in [-0.39, 0.29) is 90.8 Å². The van der Waals surface area contributed by atoms with Gasteiger partial charge in [-0.15, -0.1) is 0 Å². The molecule has 3 aromatic heterocycles. The predicted molar refractivity (Wildman–Crippen MR) is 237 cm³/mol. The molecule has 0 spiro atoms. The zero-order chi connectivity index (χ0) is 46.4. The molecular weight excluding hydrogens is 893 g/mol. The second kappa shape index (κ2) is 17.9. The quantitative estimate of drug-likeness (QED) is 0.122. The normalized spacial score (nSPS) is 16.9. The van der Waals surface area contributed by atoms with E-state index < -0.39 is 62.2 Å². The number of nitrogens with zero attached hydrogens (tertiary/aromatic N) is 7. The lowest BCUT2D eigenvalue weighted by molar-refractivity contribution is -0.137. The first kappa shape index (κ1) is 45.3. The summed E-state index contributed by atoms with van der Waals surface area (Å²) in [6.07, 6.45) is 4.85. The number of halogens is 4. The Morgan fingerprint density at radius 1 is 0.908 bits per heavy atom. The van der Waals surface area contributed by atoms with Crippen LogP contribution in [0, 0.1) is 17.5 Å². The predicted octanol–water partition coefficient (Wildman–Crippen LogP) is 5.05. The fraction of sp³-hybridized carbons (Fsp3) is 0.349. The van der Waals surface area contributed by atoms with Gasteiger partial charge in [-0.2, -0.15) is 12.7 Å². The molecule has 0 atom stereocenters. The number of anilines is 4. The number of imide groups is 1. The van der Waals surface area contributed by atoms with Crippen LogP contribution in [0.4, 0.5) is 40.8 Å². The molecule has 22 heteroatoms. The molecule has 0 saturated carbocycles. The number of piperidine rings is 1. The number of benzene rings is 2. The van der Waals surface area contributed by atoms with Crippen molar-refractivity contribution in [2.45, 2.75) is 38.2 Å². The van der Waals surface area contributed by atoms with E-state index >= 15 is 13.2 Å². The number of urea groups is 1. The number of aromatic amines is 1. The Kier molecular flexibility index (Phi) is 12.5. The van der Waals surface area contributed by atoms with Gasteiger partial charge in [0.05, 0.1) is 39.7 Å². The van der Waals surface area contributed by atoms with Crippen molar-refractivity contribution in [3.05, 3.63) is 94.7 Å². The fourth-order valence-corrected chi connectivity index (χ4v) is 9.33. The third-order valence-electron chi connectivity index (χ3n) is 12.1. The Hall–Kier alpha value is -6.29. The van der Waals surface area contributed by atoms with Crippen LogP contribution in [0.1, 0.15) is 48.5 Å². The molecule has 5 aromatic rings. The van der Waals surface area contributed by atoms with E-state index in [1.165, 1.54) is 24.2 Å². The minimum atomic E-state index is -4.17. The molecule has 0 unspecified atom stereocenters. The molecule has 6 heterocycles. The number of carbonyl (C=O) groups excluding carboxylic acids is 4. The summed E-state index contributed by atoms with van der Waals surface area (Å²) < 4.78 is 74.1. The number of carbonyl (C=O) groups is 4. The van der Waals surface area contributed by atoms with Crippen LogP contribution in [-0.4, -0.2) is 126 Å². The van der Waals surface area contributed by atoms with Crippen molar-refractivity contribution in [3.8, 4) is 11.1 Å². The van der Waals surface area contributed by atoms with Gasteiger partial charge < -0.3 is 24.8 Å². The summed E-state index contributed by atoms with van der Waals surface area (Å²) in [6, 6.07) is 8.89. The Morgan fingerprint density at radius 2 is 1.63 bits per heavy atom. The number of hydrogen-bond donors (Lipinski definition) is 4. The van der Waals surface area contributed by atoms with E-state index in [9.17, 15) is 32.7 Å². The maximum atomic E-state index is 15.6. The summed E-state index contributed by atoms with van der Waals surface area (Å²) in [5.41, 5.74) is -1.06. The number of rotatable bonds is 12. The van der Waals surface area contributed by atoms with Gasteiger partial charge in [-0.25, -0.2) is 27.9 Å². The summed E-state index contributed by atoms with van der Waals surface area (Å²) in [6.45, 7) is 3.99. The number of hydrogen-bond acceptors (Lipinski definition) is 11. The van der Waals surface area contributed by atoms with E-state index in [2.05, 4.69) is 25.0 Å². The molecule has 0 aliphatic carbocycles. The zero-order valence-corrected chi connectivity index (χ0v) is 36.8. The number of ketones is 1. The van der Waals surface area contributed by atoms with Gasteiger partial charge in [-0.05, 0) is 49.2 Å². The summed E-state index contributed by atoms with van der Waals surface area (Å²) >= 11 is 6.47. The van der Waals surface area contributed by atoms with E-state index in [1.54, 1.807) is 41.2 Å². The lowest BCUT2D eigenvalue weighted by atomic mass is 9.87. The number of aliphatic hydroxyl groups is 1. The van der Waals surface area contributed by atoms with Crippen molar-refractivity contribution >= 4 is 79.4 Å². The summed E-state index contributed by atoms with van der Waals surface area (Å²) in [7, 11) is -2.89. The first-order chi connectivity index (χ1) is 30.9. The van der Waals surface area contributed by atoms with Gasteiger partial charge >= 0.3 is 16.2 Å². The summed E-state index contributed by atoms with van der Waals surface area (Å²) in [5.74, 6) is -4.13. The second-order valence-corrected chi connectivity index (χ2v) is 18.3. The van der Waals surface area contributed by atoms with E-state index in [0.717, 1.165) is 22.5 Å². The van der Waals surface area contributed by atoms with E-state index in [0.29, 0.717) is 43.1 Å². The Labute approximate surface area is 376 Å². The molecular formula is C43H44ClF3N10O7S. The van der Waals surface area contributed by atoms with Crippen LogP contribution in [-0.2, 0) is 19.8 Å². The maximum absolute atomic E-state index is 15.6. The van der Waals surface area contributed by atoms with Crippen molar-refractivity contribution in [1.29, 1.82) is 0 Å². The minimum Gasteiger partial charge on any atom is -0.389 e. The zero-order valence-electron chi connectivity index (χ0n) is 35.2. The number of piperazine rings is 1. The number of amides is 4. The number of nitrogens with one attached hydrogen (secondary N) is 3. The van der Waals surface area contributed by atoms with Crippen LogP contribution in [0.2, 0.25) is 5.02 Å². The summed E-state index contributed by atoms with van der Waals surface area (Å²) in [5, 5.41) is 14.0. The van der Waals surface area contributed by atoms with Gasteiger partial charge in [-0.3, -0.25) is 29.3 Å². The molecule has 342 valence electrons. The highest BCUT2D eigenvalue weighted by atomic mass is 35.5. The smallest absolute Gasteiger partial charge is 0.328 e. The average molecular weight is 937 g/mol. The van der Waals surface area contributed by atoms with Crippen molar-refractivity contribution in [3.63, 3.8) is 0 Å². The SMILES string of the molecule is CCN(C)S(=O)(=O)Nc1ccc(F)c(C(=O)c2c[nH]c3ncc(-c4ccc(N5CCN(C(=O)CC6(O)CCN(c7cc(Cl)c(N8CCC(=O)NC8=O)cc7F)CC6)CC5)nc4)cc23)c1F. The molecule has 2 aromatic carbocycles. The Bertz CT molecular complexity index is 2820. The molecule has 3 aliphatic rings. The Morgan fingerprint density at radius 3 is 2.31 bits per heavy atom. The van der Waals surface area contributed by atoms with Crippen molar-refractivity contribution in [2.24, 2.45) is 0 Å². The summed E-state index contributed by atoms with van der Waals surface area (Å²) in [4.78, 5) is 69.5. The number of fused-ring (bicyclic) bond motifs is 1. The molecule has 3 aliphatic heterocycles. The van der Waals surface area contributed by atoms with Gasteiger partial charge in [0.1, 0.15) is 23.1 Å². The van der Waals surface area contributed by atoms with Crippen LogP contribution in [0.25, 0.3) is 22.2 Å². The van der Waals surface area contributed by atoms with Crippen molar-refractivity contribution in [1.82, 2.24) is 29.5 Å². The standard InChI is InChI=1S/C43H44ClF3N10O7S/c1-3-53(2)65(63,64)52-32-6-5-30(45)38(39(32)47)40(60)28-24-50-41-27(28)18-26(23-49-41)25-4-7-35(48-22-25)55-14-16-56(17-15-55)37(59)21-43(62)9-12-54(13-10-43)34-19-29(44)33(20-31(34)46)57-11-8-36(58)51-42(57)61/h4-7,18-20,22-24,52,62H,3,8-17,21H2,1-2H3,(H,49,50)(H,51,58,61). The van der Waals surface area contributed by atoms with E-state index in [1.807, 2.05) is 11.0 Å². The maximum Gasteiger partial charge on any atom is 0.328 e. The topological polar surface area (TPSA) is 204 Å². The third-order valence-corrected chi connectivity index (χ3v) is 14.0. The lowest BCUT2D eigenvalue weighted by Gasteiger charge is -2.41. The van der Waals surface area contributed by atoms with Gasteiger partial charge in [0, 0.05) is 113 Å². The van der Waals surface area contributed by atoms with Gasteiger partial charge in [0.2, 0.25) is 17.6 Å². The highest BCUT2D eigenvalue weighted by Crippen LogP contribution is 2.37. The van der Waals surface area contributed by atoms with Crippen LogP contribution >= 0.6 is 11.6 Å². The Balaban J connectivity index is 0.867. The highest BCUT2D eigenvalue weighted by Gasteiger charge is 2.38. The molecule has 4 N–H and O–H groups in total. The van der Waals surface area contributed by atoms with Crippen LogP contribution in [0.3, 0.4) is 0 Å². The van der Waals surface area contributed by atoms with Crippen molar-refractivity contribution in [2.75, 3.05) is 78.8 Å². The highest BCUT2D eigenvalue weighted by molar-refractivity contribution is 7.90. The molecule has 4 amide bonds. The number of pyridine rings is 2. The fourth-order valence-electron chi connectivity index (χ4n) is 8.14. The minimum absolute atomic E-state index is 0.0609. The van der Waals surface area contributed by atoms with Gasteiger partial charge in [-0.1, -0.05) is 18.5 Å². The van der Waals surface area contributed by atoms with Gasteiger partial charge in [0.15, 0.2) is 5.82 Å². The third kappa shape index (κ3) is 9.18. The van der Waals surface area contributed by atoms with Crippen LogP contribution < -0.4 is 24.7 Å². The molecule has 3 fully saturated rings. The molecule has 0 radical (unpaired) electrons. The largest absolute Gasteiger partial charge is 0.389 e. The molecule has 65 heavy (non-hydrogen) atoms. The number of aromatic nitrogens is 3. The number of H-pyrrole nitrogens is 1. The first-order valence-electron chi connectivity index (χ1n) is 20.8. The van der Waals surface area contributed by atoms with Crippen LogP contribution in [0.5, 0.6) is 0 Å². The van der Waals surface area contributed by atoms with Crippen LogP contribution in [0.15, 0.2) is 61.1 Å². The first-order valence-corrected chi connectivity index (χ1v) is 22.6.